The highest BCUT2D eigenvalue weighted by Gasteiger charge is 2.14. The van der Waals surface area contributed by atoms with Crippen molar-refractivity contribution in [3.8, 4) is 5.75 Å². The number of ether oxygens (including phenoxy) is 1. The van der Waals surface area contributed by atoms with Crippen LogP contribution in [0.5, 0.6) is 5.75 Å². The molecule has 3 rings (SSSR count). The molecular weight excluding hydrogens is 373 g/mol. The van der Waals surface area contributed by atoms with Crippen molar-refractivity contribution in [2.75, 3.05) is 5.32 Å². The molecule has 0 radical (unpaired) electrons. The molecule has 6 nitrogen and oxygen atoms in total. The first kappa shape index (κ1) is 19.8. The number of carbonyl (C=O) groups excluding carboxylic acids is 2. The maximum Gasteiger partial charge on any atom is 0.329 e. The number of para-hydroxylation sites is 1. The summed E-state index contributed by atoms with van der Waals surface area (Å²) in [4.78, 5) is 23.6. The Kier molecular flexibility index (Phi) is 6.67. The normalized spacial score (nSPS) is 10.5. The molecule has 2 N–H and O–H groups in total. The van der Waals surface area contributed by atoms with E-state index in [1.807, 2.05) is 30.3 Å². The van der Waals surface area contributed by atoms with Crippen LogP contribution in [-0.4, -0.2) is 18.0 Å². The quantitative estimate of drug-likeness (QED) is 0.383. The van der Waals surface area contributed by atoms with Crippen molar-refractivity contribution in [2.24, 2.45) is 5.10 Å². The number of halogens is 1. The predicted molar refractivity (Wildman–Crippen MR) is 108 cm³/mol. The maximum absolute atomic E-state index is 13.5. The fourth-order valence-electron chi connectivity index (χ4n) is 2.38. The van der Waals surface area contributed by atoms with E-state index in [1.165, 1.54) is 24.4 Å². The zero-order valence-corrected chi connectivity index (χ0v) is 15.3. The second kappa shape index (κ2) is 9.80. The first-order valence-electron chi connectivity index (χ1n) is 8.77. The molecule has 0 atom stereocenters. The summed E-state index contributed by atoms with van der Waals surface area (Å²) in [5.41, 5.74) is 3.73. The van der Waals surface area contributed by atoms with Gasteiger partial charge in [-0.15, -0.1) is 0 Å². The topological polar surface area (TPSA) is 79.8 Å². The van der Waals surface area contributed by atoms with Crippen LogP contribution < -0.4 is 15.5 Å². The zero-order valence-electron chi connectivity index (χ0n) is 15.3. The summed E-state index contributed by atoms with van der Waals surface area (Å²) >= 11 is 0. The van der Waals surface area contributed by atoms with Gasteiger partial charge in [0.15, 0.2) is 0 Å². The van der Waals surface area contributed by atoms with E-state index in [4.69, 9.17) is 4.74 Å². The van der Waals surface area contributed by atoms with E-state index in [1.54, 1.807) is 30.3 Å². The van der Waals surface area contributed by atoms with Gasteiger partial charge in [0.1, 0.15) is 18.2 Å². The minimum absolute atomic E-state index is 0.0834. The third-order valence-electron chi connectivity index (χ3n) is 3.81. The van der Waals surface area contributed by atoms with E-state index in [9.17, 15) is 14.0 Å². The highest BCUT2D eigenvalue weighted by atomic mass is 19.1. The van der Waals surface area contributed by atoms with Gasteiger partial charge in [-0.3, -0.25) is 9.59 Å². The lowest BCUT2D eigenvalue weighted by atomic mass is 10.2. The molecule has 0 aliphatic carbocycles. The minimum atomic E-state index is -1.02. The second-order valence-corrected chi connectivity index (χ2v) is 5.98. The van der Waals surface area contributed by atoms with Crippen molar-refractivity contribution in [2.45, 2.75) is 6.61 Å². The number of anilines is 1. The fourth-order valence-corrected chi connectivity index (χ4v) is 2.38. The van der Waals surface area contributed by atoms with Gasteiger partial charge >= 0.3 is 11.8 Å². The molecule has 0 unspecified atom stereocenters. The van der Waals surface area contributed by atoms with Crippen LogP contribution in [0.1, 0.15) is 11.1 Å². The molecule has 0 saturated heterocycles. The van der Waals surface area contributed by atoms with Gasteiger partial charge in [-0.2, -0.15) is 5.10 Å². The predicted octanol–water partition coefficient (Wildman–Crippen LogP) is 3.49. The molecule has 0 spiro atoms. The van der Waals surface area contributed by atoms with E-state index >= 15 is 0 Å². The van der Waals surface area contributed by atoms with Crippen LogP contribution in [-0.2, 0) is 16.2 Å². The van der Waals surface area contributed by atoms with Crippen LogP contribution in [0.15, 0.2) is 84.0 Å². The molecule has 0 bridgehead atoms. The van der Waals surface area contributed by atoms with E-state index in [2.05, 4.69) is 15.8 Å². The molecule has 0 aliphatic rings. The molecular formula is C22H18FN3O3. The highest BCUT2D eigenvalue weighted by molar-refractivity contribution is 6.39. The first-order chi connectivity index (χ1) is 14.1. The van der Waals surface area contributed by atoms with Crippen molar-refractivity contribution in [3.05, 3.63) is 95.8 Å². The third-order valence-corrected chi connectivity index (χ3v) is 3.81. The molecule has 0 aliphatic heterocycles. The van der Waals surface area contributed by atoms with E-state index in [0.29, 0.717) is 17.9 Å². The van der Waals surface area contributed by atoms with Crippen LogP contribution in [0.25, 0.3) is 0 Å². The molecule has 2 amide bonds. The van der Waals surface area contributed by atoms with Crippen molar-refractivity contribution < 1.29 is 18.7 Å². The zero-order chi connectivity index (χ0) is 20.5. The monoisotopic (exact) mass is 391 g/mol. The van der Waals surface area contributed by atoms with Crippen LogP contribution in [0.4, 0.5) is 10.1 Å². The number of nitrogens with one attached hydrogen (secondary N) is 2. The van der Waals surface area contributed by atoms with Crippen LogP contribution in [0.2, 0.25) is 0 Å². The molecule has 3 aromatic carbocycles. The Morgan fingerprint density at radius 3 is 2.48 bits per heavy atom. The molecule has 0 saturated carbocycles. The van der Waals surface area contributed by atoms with Crippen molar-refractivity contribution in [1.29, 1.82) is 0 Å². The summed E-state index contributed by atoms with van der Waals surface area (Å²) < 4.78 is 19.2. The van der Waals surface area contributed by atoms with E-state index in [0.717, 1.165) is 5.56 Å². The number of hydrogen-bond donors (Lipinski definition) is 2. The van der Waals surface area contributed by atoms with E-state index < -0.39 is 17.6 Å². The molecule has 0 aromatic heterocycles. The molecule has 146 valence electrons. The van der Waals surface area contributed by atoms with Crippen molar-refractivity contribution in [1.82, 2.24) is 5.43 Å². The molecule has 7 heteroatoms. The Hall–Kier alpha value is -4.00. The fraction of sp³-hybridized carbons (Fsp3) is 0.0455. The lowest BCUT2D eigenvalue weighted by Crippen LogP contribution is -2.32. The molecule has 29 heavy (non-hydrogen) atoms. The molecule has 0 heterocycles. The summed E-state index contributed by atoms with van der Waals surface area (Å²) in [6.45, 7) is 0.425. The number of amides is 2. The second-order valence-electron chi connectivity index (χ2n) is 5.98. The average molecular weight is 391 g/mol. The Morgan fingerprint density at radius 2 is 1.69 bits per heavy atom. The summed E-state index contributed by atoms with van der Waals surface area (Å²) in [7, 11) is 0. The Balaban J connectivity index is 1.52. The smallest absolute Gasteiger partial charge is 0.329 e. The number of carbonyl (C=O) groups is 2. The lowest BCUT2D eigenvalue weighted by Gasteiger charge is -2.07. The summed E-state index contributed by atoms with van der Waals surface area (Å²) in [5, 5.41) is 5.93. The summed E-state index contributed by atoms with van der Waals surface area (Å²) in [6.07, 6.45) is 1.38. The number of rotatable bonds is 6. The van der Waals surface area contributed by atoms with Crippen LogP contribution in [0, 0.1) is 5.82 Å². The SMILES string of the molecule is O=C(N/N=C\c1cccc(OCc2ccccc2)c1)C(=O)Nc1ccccc1F. The Labute approximate surface area is 167 Å². The number of hydrazone groups is 1. The van der Waals surface area contributed by atoms with Gasteiger partial charge in [-0.1, -0.05) is 54.6 Å². The average Bonchev–Trinajstić information content (AvgIpc) is 2.75. The number of hydrogen-bond acceptors (Lipinski definition) is 4. The lowest BCUT2D eigenvalue weighted by molar-refractivity contribution is -0.136. The van der Waals surface area contributed by atoms with Gasteiger partial charge in [-0.25, -0.2) is 9.82 Å². The van der Waals surface area contributed by atoms with Crippen molar-refractivity contribution in [3.63, 3.8) is 0 Å². The van der Waals surface area contributed by atoms with Gasteiger partial charge in [0.05, 0.1) is 11.9 Å². The summed E-state index contributed by atoms with van der Waals surface area (Å²) in [6, 6.07) is 22.4. The van der Waals surface area contributed by atoms with Crippen LogP contribution >= 0.6 is 0 Å². The van der Waals surface area contributed by atoms with E-state index in [-0.39, 0.29) is 5.69 Å². The standard InChI is InChI=1S/C22H18FN3O3/c23-19-11-4-5-12-20(19)25-21(27)22(28)26-24-14-17-9-6-10-18(13-17)29-15-16-7-2-1-3-8-16/h1-14H,15H2,(H,25,27)(H,26,28)/b24-14-. The van der Waals surface area contributed by atoms with Crippen molar-refractivity contribution >= 4 is 23.7 Å². The number of benzene rings is 3. The third kappa shape index (κ3) is 6.00. The largest absolute Gasteiger partial charge is 0.489 e. The molecule has 0 fully saturated rings. The maximum atomic E-state index is 13.5. The van der Waals surface area contributed by atoms with Gasteiger partial charge in [-0.05, 0) is 35.4 Å². The van der Waals surface area contributed by atoms with Gasteiger partial charge in [0.25, 0.3) is 0 Å². The van der Waals surface area contributed by atoms with Gasteiger partial charge in [0, 0.05) is 0 Å². The minimum Gasteiger partial charge on any atom is -0.489 e. The van der Waals surface area contributed by atoms with Crippen LogP contribution in [0.3, 0.4) is 0 Å². The molecule has 3 aromatic rings. The first-order valence-corrected chi connectivity index (χ1v) is 8.77. The number of nitrogens with zero attached hydrogens (tertiary/aromatic N) is 1. The Bertz CT molecular complexity index is 1020. The Morgan fingerprint density at radius 1 is 0.931 bits per heavy atom. The van der Waals surface area contributed by atoms with Gasteiger partial charge < -0.3 is 10.1 Å². The summed E-state index contributed by atoms with van der Waals surface area (Å²) in [5.74, 6) is -2.03. The highest BCUT2D eigenvalue weighted by Crippen LogP contribution is 2.14. The van der Waals surface area contributed by atoms with Gasteiger partial charge in [0.2, 0.25) is 0 Å².